The average Bonchev–Trinajstić information content (AvgIpc) is 2.67. The Morgan fingerprint density at radius 2 is 2.21 bits per heavy atom. The van der Waals surface area contributed by atoms with Crippen LogP contribution in [0.2, 0.25) is 0 Å². The van der Waals surface area contributed by atoms with Gasteiger partial charge in [-0.3, -0.25) is 4.90 Å². The average molecular weight is 299 g/mol. The number of piperazine rings is 1. The molecule has 19 heavy (non-hydrogen) atoms. The minimum atomic E-state index is -4.20. The van der Waals surface area contributed by atoms with Gasteiger partial charge in [0.1, 0.15) is 12.4 Å². The van der Waals surface area contributed by atoms with Crippen molar-refractivity contribution >= 4 is 12.4 Å². The number of rotatable bonds is 3. The lowest BCUT2D eigenvalue weighted by Gasteiger charge is -2.33. The SMILES string of the molecule is C[C@H]1CNCCN1Cc1nccn1CC(F)(F)F.Cl. The van der Waals surface area contributed by atoms with Crippen LogP contribution in [0.5, 0.6) is 0 Å². The molecule has 1 aliphatic rings. The van der Waals surface area contributed by atoms with Crippen molar-refractivity contribution in [1.29, 1.82) is 0 Å². The predicted molar refractivity (Wildman–Crippen MR) is 68.3 cm³/mol. The van der Waals surface area contributed by atoms with Crippen molar-refractivity contribution in [2.24, 2.45) is 0 Å². The smallest absolute Gasteiger partial charge is 0.325 e. The predicted octanol–water partition coefficient (Wildman–Crippen LogP) is 1.66. The fourth-order valence-electron chi connectivity index (χ4n) is 2.13. The zero-order chi connectivity index (χ0) is 13.2. The van der Waals surface area contributed by atoms with Gasteiger partial charge in [0, 0.05) is 38.1 Å². The molecule has 0 amide bonds. The van der Waals surface area contributed by atoms with Crippen molar-refractivity contribution in [3.05, 3.63) is 18.2 Å². The molecule has 1 atom stereocenters. The lowest BCUT2D eigenvalue weighted by molar-refractivity contribution is -0.141. The molecule has 0 unspecified atom stereocenters. The number of imidazole rings is 1. The van der Waals surface area contributed by atoms with Gasteiger partial charge in [0.05, 0.1) is 6.54 Å². The van der Waals surface area contributed by atoms with Crippen LogP contribution in [0.4, 0.5) is 13.2 Å². The largest absolute Gasteiger partial charge is 0.406 e. The van der Waals surface area contributed by atoms with E-state index in [9.17, 15) is 13.2 Å². The molecule has 0 aromatic carbocycles. The topological polar surface area (TPSA) is 33.1 Å². The van der Waals surface area contributed by atoms with Gasteiger partial charge in [-0.1, -0.05) is 0 Å². The van der Waals surface area contributed by atoms with E-state index < -0.39 is 12.7 Å². The zero-order valence-corrected chi connectivity index (χ0v) is 11.5. The minimum absolute atomic E-state index is 0. The molecular weight excluding hydrogens is 281 g/mol. The number of aromatic nitrogens is 2. The van der Waals surface area contributed by atoms with Gasteiger partial charge in [-0.05, 0) is 6.92 Å². The molecule has 2 rings (SSSR count). The van der Waals surface area contributed by atoms with Gasteiger partial charge in [0.25, 0.3) is 0 Å². The van der Waals surface area contributed by atoms with E-state index in [1.54, 1.807) is 0 Å². The summed E-state index contributed by atoms with van der Waals surface area (Å²) < 4.78 is 38.3. The summed E-state index contributed by atoms with van der Waals surface area (Å²) in [7, 11) is 0. The molecule has 1 fully saturated rings. The normalized spacial score (nSPS) is 21.2. The van der Waals surface area contributed by atoms with E-state index >= 15 is 0 Å². The molecule has 2 heterocycles. The number of alkyl halides is 3. The maximum absolute atomic E-state index is 12.4. The lowest BCUT2D eigenvalue weighted by Crippen LogP contribution is -2.49. The van der Waals surface area contributed by atoms with Crippen LogP contribution in [0.3, 0.4) is 0 Å². The number of hydrogen-bond donors (Lipinski definition) is 1. The second-order valence-corrected chi connectivity index (χ2v) is 4.61. The fraction of sp³-hybridized carbons (Fsp3) is 0.727. The van der Waals surface area contributed by atoms with E-state index in [0.29, 0.717) is 18.4 Å². The van der Waals surface area contributed by atoms with Crippen LogP contribution in [0, 0.1) is 0 Å². The summed E-state index contributed by atoms with van der Waals surface area (Å²) in [6, 6.07) is 0.315. The highest BCUT2D eigenvalue weighted by Gasteiger charge is 2.29. The van der Waals surface area contributed by atoms with Gasteiger partial charge in [-0.15, -0.1) is 12.4 Å². The zero-order valence-electron chi connectivity index (χ0n) is 10.7. The Bertz CT molecular complexity index is 394. The van der Waals surface area contributed by atoms with Crippen LogP contribution in [0.1, 0.15) is 12.7 Å². The van der Waals surface area contributed by atoms with Crippen LogP contribution in [0.15, 0.2) is 12.4 Å². The summed E-state index contributed by atoms with van der Waals surface area (Å²) in [5, 5.41) is 3.25. The molecule has 4 nitrogen and oxygen atoms in total. The standard InChI is InChI=1S/C11H17F3N4.ClH/c1-9-6-15-2-4-17(9)7-10-16-3-5-18(10)8-11(12,13)14;/h3,5,9,15H,2,4,6-8H2,1H3;1H/t9-;/m0./s1. The third kappa shape index (κ3) is 4.67. The molecule has 0 spiro atoms. The molecule has 8 heteroatoms. The van der Waals surface area contributed by atoms with Crippen molar-refractivity contribution in [3.63, 3.8) is 0 Å². The summed E-state index contributed by atoms with van der Waals surface area (Å²) in [6.07, 6.45) is -1.39. The Morgan fingerprint density at radius 1 is 1.47 bits per heavy atom. The van der Waals surface area contributed by atoms with Crippen LogP contribution in [0.25, 0.3) is 0 Å². The molecule has 1 aromatic rings. The van der Waals surface area contributed by atoms with Crippen LogP contribution < -0.4 is 5.32 Å². The maximum atomic E-state index is 12.4. The van der Waals surface area contributed by atoms with Gasteiger partial charge in [-0.25, -0.2) is 4.98 Å². The summed E-state index contributed by atoms with van der Waals surface area (Å²) in [5.41, 5.74) is 0. The first-order valence-corrected chi connectivity index (χ1v) is 5.97. The van der Waals surface area contributed by atoms with Gasteiger partial charge in [0.15, 0.2) is 0 Å². The molecule has 1 aliphatic heterocycles. The summed E-state index contributed by atoms with van der Waals surface area (Å²) >= 11 is 0. The Balaban J connectivity index is 0.00000180. The highest BCUT2D eigenvalue weighted by Crippen LogP contribution is 2.19. The summed E-state index contributed by atoms with van der Waals surface area (Å²) in [6.45, 7) is 4.11. The van der Waals surface area contributed by atoms with E-state index in [1.807, 2.05) is 0 Å². The summed E-state index contributed by atoms with van der Waals surface area (Å²) in [4.78, 5) is 6.17. The van der Waals surface area contributed by atoms with Crippen molar-refractivity contribution in [2.75, 3.05) is 19.6 Å². The van der Waals surface area contributed by atoms with E-state index in [-0.39, 0.29) is 12.4 Å². The quantitative estimate of drug-likeness (QED) is 0.921. The van der Waals surface area contributed by atoms with E-state index in [0.717, 1.165) is 19.6 Å². The Morgan fingerprint density at radius 3 is 2.84 bits per heavy atom. The molecule has 110 valence electrons. The molecule has 1 saturated heterocycles. The number of nitrogens with zero attached hydrogens (tertiary/aromatic N) is 3. The second kappa shape index (κ2) is 6.58. The molecule has 1 N–H and O–H groups in total. The van der Waals surface area contributed by atoms with Crippen LogP contribution in [-0.4, -0.2) is 46.3 Å². The van der Waals surface area contributed by atoms with Gasteiger partial charge in [0.2, 0.25) is 0 Å². The first-order chi connectivity index (χ1) is 8.46. The monoisotopic (exact) mass is 298 g/mol. The lowest BCUT2D eigenvalue weighted by atomic mass is 10.2. The first kappa shape index (κ1) is 16.3. The van der Waals surface area contributed by atoms with Crippen molar-refractivity contribution < 1.29 is 13.2 Å². The second-order valence-electron chi connectivity index (χ2n) is 4.61. The van der Waals surface area contributed by atoms with Crippen molar-refractivity contribution in [3.8, 4) is 0 Å². The summed E-state index contributed by atoms with van der Waals surface area (Å²) in [5.74, 6) is 0.473. The minimum Gasteiger partial charge on any atom is -0.325 e. The Labute approximate surface area is 116 Å². The molecule has 1 aromatic heterocycles. The highest BCUT2D eigenvalue weighted by molar-refractivity contribution is 5.85. The molecule has 0 saturated carbocycles. The Hall–Kier alpha value is -0.790. The molecular formula is C11H18ClF3N4. The number of nitrogens with one attached hydrogen (secondary N) is 1. The van der Waals surface area contributed by atoms with Crippen LogP contribution in [-0.2, 0) is 13.1 Å². The van der Waals surface area contributed by atoms with E-state index in [1.165, 1.54) is 17.0 Å². The fourth-order valence-corrected chi connectivity index (χ4v) is 2.13. The molecule has 0 radical (unpaired) electrons. The maximum Gasteiger partial charge on any atom is 0.406 e. The van der Waals surface area contributed by atoms with Gasteiger partial charge in [-0.2, -0.15) is 13.2 Å². The molecule has 0 aliphatic carbocycles. The highest BCUT2D eigenvalue weighted by atomic mass is 35.5. The van der Waals surface area contributed by atoms with Crippen molar-refractivity contribution in [1.82, 2.24) is 19.8 Å². The van der Waals surface area contributed by atoms with E-state index in [2.05, 4.69) is 22.1 Å². The van der Waals surface area contributed by atoms with Crippen LogP contribution >= 0.6 is 12.4 Å². The number of halogens is 4. The molecule has 0 bridgehead atoms. The third-order valence-corrected chi connectivity index (χ3v) is 3.13. The third-order valence-electron chi connectivity index (χ3n) is 3.13. The Kier molecular flexibility index (Phi) is 5.64. The van der Waals surface area contributed by atoms with E-state index in [4.69, 9.17) is 0 Å². The van der Waals surface area contributed by atoms with Gasteiger partial charge >= 0.3 is 6.18 Å². The van der Waals surface area contributed by atoms with Gasteiger partial charge < -0.3 is 9.88 Å². The first-order valence-electron chi connectivity index (χ1n) is 5.97. The van der Waals surface area contributed by atoms with Crippen molar-refractivity contribution in [2.45, 2.75) is 32.2 Å². The number of hydrogen-bond acceptors (Lipinski definition) is 3.